The van der Waals surface area contributed by atoms with Gasteiger partial charge in [0.15, 0.2) is 11.6 Å². The Morgan fingerprint density at radius 1 is 1.08 bits per heavy atom. The summed E-state index contributed by atoms with van der Waals surface area (Å²) in [4.78, 5) is 15.9. The van der Waals surface area contributed by atoms with E-state index in [2.05, 4.69) is 38.8 Å². The summed E-state index contributed by atoms with van der Waals surface area (Å²) in [6.45, 7) is 3.64. The number of anilines is 4. The molecule has 0 bridgehead atoms. The number of hydrogen-bond acceptors (Lipinski definition) is 6. The molecule has 0 saturated carbocycles. The van der Waals surface area contributed by atoms with Crippen molar-refractivity contribution in [1.29, 1.82) is 0 Å². The molecule has 126 valence electrons. The first-order valence-corrected chi connectivity index (χ1v) is 8.08. The zero-order valence-electron chi connectivity index (χ0n) is 14.2. The second-order valence-electron chi connectivity index (χ2n) is 5.56. The number of hydrogen-bond donors (Lipinski definition) is 2. The first-order valence-electron chi connectivity index (χ1n) is 8.08. The summed E-state index contributed by atoms with van der Waals surface area (Å²) in [6.07, 6.45) is 2.45. The van der Waals surface area contributed by atoms with E-state index >= 15 is 0 Å². The maximum atomic E-state index is 11.5. The predicted molar refractivity (Wildman–Crippen MR) is 98.7 cm³/mol. The SMILES string of the molecule is CCc1ccccc1Nc1nncc(Nc2cccc(C(C)=O)c2)n1. The lowest BCUT2D eigenvalue weighted by atomic mass is 10.1. The normalized spacial score (nSPS) is 10.3. The van der Waals surface area contributed by atoms with Crippen LogP contribution in [0.3, 0.4) is 0 Å². The van der Waals surface area contributed by atoms with E-state index in [1.807, 2.05) is 30.3 Å². The number of aryl methyl sites for hydroxylation is 1. The monoisotopic (exact) mass is 333 g/mol. The topological polar surface area (TPSA) is 79.8 Å². The lowest BCUT2D eigenvalue weighted by Crippen LogP contribution is -2.04. The lowest BCUT2D eigenvalue weighted by molar-refractivity contribution is 0.101. The van der Waals surface area contributed by atoms with Crippen molar-refractivity contribution in [2.24, 2.45) is 0 Å². The summed E-state index contributed by atoms with van der Waals surface area (Å²) in [7, 11) is 0. The van der Waals surface area contributed by atoms with Crippen LogP contribution in [-0.4, -0.2) is 21.0 Å². The molecule has 0 unspecified atom stereocenters. The Kier molecular flexibility index (Phi) is 4.99. The lowest BCUT2D eigenvalue weighted by Gasteiger charge is -2.10. The predicted octanol–water partition coefficient (Wildman–Crippen LogP) is 4.12. The van der Waals surface area contributed by atoms with Gasteiger partial charge in [-0.2, -0.15) is 10.1 Å². The molecule has 0 aliphatic rings. The van der Waals surface area contributed by atoms with Gasteiger partial charge in [-0.05, 0) is 37.1 Å². The van der Waals surface area contributed by atoms with Gasteiger partial charge >= 0.3 is 0 Å². The van der Waals surface area contributed by atoms with Crippen LogP contribution in [0.5, 0.6) is 0 Å². The van der Waals surface area contributed by atoms with Gasteiger partial charge in [0, 0.05) is 16.9 Å². The summed E-state index contributed by atoms with van der Waals surface area (Å²) in [5, 5.41) is 14.4. The number of ketones is 1. The molecule has 0 amide bonds. The van der Waals surface area contributed by atoms with Crippen molar-refractivity contribution < 1.29 is 4.79 Å². The van der Waals surface area contributed by atoms with Crippen molar-refractivity contribution in [3.05, 3.63) is 65.9 Å². The standard InChI is InChI=1S/C19H19N5O/c1-3-14-7-4-5-10-17(14)22-19-23-18(12-20-24-19)21-16-9-6-8-15(11-16)13(2)25/h4-12H,3H2,1-2H3,(H2,21,22,23,24). The third-order valence-electron chi connectivity index (χ3n) is 3.75. The fourth-order valence-electron chi connectivity index (χ4n) is 2.45. The van der Waals surface area contributed by atoms with Crippen molar-refractivity contribution in [2.75, 3.05) is 10.6 Å². The fraction of sp³-hybridized carbons (Fsp3) is 0.158. The van der Waals surface area contributed by atoms with E-state index in [0.29, 0.717) is 17.3 Å². The molecular weight excluding hydrogens is 314 g/mol. The number of carbonyl (C=O) groups is 1. The maximum Gasteiger partial charge on any atom is 0.249 e. The van der Waals surface area contributed by atoms with Crippen LogP contribution in [0.25, 0.3) is 0 Å². The van der Waals surface area contributed by atoms with E-state index in [4.69, 9.17) is 0 Å². The summed E-state index contributed by atoms with van der Waals surface area (Å²) < 4.78 is 0. The molecule has 3 aromatic rings. The van der Waals surface area contributed by atoms with Crippen LogP contribution in [0, 0.1) is 0 Å². The first-order chi connectivity index (χ1) is 12.2. The Morgan fingerprint density at radius 3 is 2.72 bits per heavy atom. The average molecular weight is 333 g/mol. The minimum Gasteiger partial charge on any atom is -0.339 e. The van der Waals surface area contributed by atoms with E-state index in [9.17, 15) is 4.79 Å². The molecule has 6 nitrogen and oxygen atoms in total. The van der Waals surface area contributed by atoms with Gasteiger partial charge in [0.05, 0.1) is 6.20 Å². The summed E-state index contributed by atoms with van der Waals surface area (Å²) in [6, 6.07) is 15.3. The zero-order valence-corrected chi connectivity index (χ0v) is 14.2. The molecule has 0 aliphatic heterocycles. The van der Waals surface area contributed by atoms with Crippen molar-refractivity contribution in [3.8, 4) is 0 Å². The fourth-order valence-corrected chi connectivity index (χ4v) is 2.45. The van der Waals surface area contributed by atoms with E-state index in [1.165, 1.54) is 11.8 Å². The Morgan fingerprint density at radius 2 is 1.92 bits per heavy atom. The number of carbonyl (C=O) groups excluding carboxylic acids is 1. The number of para-hydroxylation sites is 1. The van der Waals surface area contributed by atoms with Gasteiger partial charge in [-0.1, -0.05) is 37.3 Å². The van der Waals surface area contributed by atoms with Crippen LogP contribution in [0.4, 0.5) is 23.1 Å². The Labute approximate surface area is 146 Å². The van der Waals surface area contributed by atoms with Gasteiger partial charge in [0.25, 0.3) is 0 Å². The molecule has 0 aliphatic carbocycles. The highest BCUT2D eigenvalue weighted by Gasteiger charge is 2.06. The molecule has 0 saturated heterocycles. The smallest absolute Gasteiger partial charge is 0.249 e. The third-order valence-corrected chi connectivity index (χ3v) is 3.75. The van der Waals surface area contributed by atoms with Gasteiger partial charge in [-0.3, -0.25) is 4.79 Å². The van der Waals surface area contributed by atoms with Gasteiger partial charge in [0.2, 0.25) is 5.95 Å². The number of rotatable bonds is 6. The number of Topliss-reactive ketones (excluding diaryl/α,β-unsaturated/α-hetero) is 1. The molecular formula is C19H19N5O. The second-order valence-corrected chi connectivity index (χ2v) is 5.56. The molecule has 25 heavy (non-hydrogen) atoms. The zero-order chi connectivity index (χ0) is 17.6. The van der Waals surface area contributed by atoms with E-state index in [1.54, 1.807) is 19.1 Å². The largest absolute Gasteiger partial charge is 0.339 e. The highest BCUT2D eigenvalue weighted by Crippen LogP contribution is 2.20. The van der Waals surface area contributed by atoms with Crippen LogP contribution < -0.4 is 10.6 Å². The van der Waals surface area contributed by atoms with E-state index in [-0.39, 0.29) is 5.78 Å². The minimum atomic E-state index is 0.0167. The molecule has 2 aromatic carbocycles. The molecule has 0 fully saturated rings. The van der Waals surface area contributed by atoms with Gasteiger partial charge in [0.1, 0.15) is 0 Å². The third kappa shape index (κ3) is 4.17. The van der Waals surface area contributed by atoms with Crippen LogP contribution in [-0.2, 0) is 6.42 Å². The maximum absolute atomic E-state index is 11.5. The number of nitrogens with one attached hydrogen (secondary N) is 2. The van der Waals surface area contributed by atoms with Gasteiger partial charge in [-0.15, -0.1) is 5.10 Å². The van der Waals surface area contributed by atoms with Crippen LogP contribution >= 0.6 is 0 Å². The van der Waals surface area contributed by atoms with Crippen molar-refractivity contribution >= 4 is 28.9 Å². The van der Waals surface area contributed by atoms with Gasteiger partial charge < -0.3 is 10.6 Å². The van der Waals surface area contributed by atoms with Crippen LogP contribution in [0.2, 0.25) is 0 Å². The summed E-state index contributed by atoms with van der Waals surface area (Å²) in [5.74, 6) is 0.976. The van der Waals surface area contributed by atoms with Crippen LogP contribution in [0.15, 0.2) is 54.7 Å². The molecule has 6 heteroatoms. The first kappa shape index (κ1) is 16.6. The second kappa shape index (κ2) is 7.53. The Hall–Kier alpha value is -3.28. The molecule has 0 atom stereocenters. The Bertz CT molecular complexity index is 894. The molecule has 0 spiro atoms. The quantitative estimate of drug-likeness (QED) is 0.660. The number of nitrogens with zero attached hydrogens (tertiary/aromatic N) is 3. The van der Waals surface area contributed by atoms with Gasteiger partial charge in [-0.25, -0.2) is 0 Å². The van der Waals surface area contributed by atoms with Crippen LogP contribution in [0.1, 0.15) is 29.8 Å². The van der Waals surface area contributed by atoms with E-state index < -0.39 is 0 Å². The summed E-state index contributed by atoms with van der Waals surface area (Å²) in [5.41, 5.74) is 3.55. The molecule has 1 aromatic heterocycles. The molecule has 2 N–H and O–H groups in total. The molecule has 0 radical (unpaired) electrons. The number of aromatic nitrogens is 3. The highest BCUT2D eigenvalue weighted by atomic mass is 16.1. The van der Waals surface area contributed by atoms with Crippen molar-refractivity contribution in [3.63, 3.8) is 0 Å². The summed E-state index contributed by atoms with van der Waals surface area (Å²) >= 11 is 0. The molecule has 1 heterocycles. The average Bonchev–Trinajstić information content (AvgIpc) is 2.63. The van der Waals surface area contributed by atoms with Crippen molar-refractivity contribution in [2.45, 2.75) is 20.3 Å². The molecule has 3 rings (SSSR count). The van der Waals surface area contributed by atoms with E-state index in [0.717, 1.165) is 17.8 Å². The number of benzene rings is 2. The Balaban J connectivity index is 1.80. The van der Waals surface area contributed by atoms with Crippen molar-refractivity contribution in [1.82, 2.24) is 15.2 Å². The highest BCUT2D eigenvalue weighted by molar-refractivity contribution is 5.95. The minimum absolute atomic E-state index is 0.0167.